The molecule has 3 aromatic heterocycles. The number of hydrogen-bond donors (Lipinski definition) is 2. The molecule has 0 bridgehead atoms. The highest BCUT2D eigenvalue weighted by atomic mass is 16.2. The first-order valence-corrected chi connectivity index (χ1v) is 10.3. The fraction of sp³-hybridized carbons (Fsp3) is 0.261. The molecule has 4 heterocycles. The Balaban J connectivity index is 1.52. The van der Waals surface area contributed by atoms with Crippen LogP contribution in [0.4, 0.5) is 5.69 Å². The number of nitrogens with one attached hydrogen (secondary N) is 2. The molecule has 1 saturated heterocycles. The lowest BCUT2D eigenvalue weighted by Crippen LogP contribution is -2.33. The Hall–Kier alpha value is -3.81. The van der Waals surface area contributed by atoms with Crippen LogP contribution >= 0.6 is 0 Å². The molecule has 5 rings (SSSR count). The van der Waals surface area contributed by atoms with Gasteiger partial charge in [0.1, 0.15) is 0 Å². The monoisotopic (exact) mass is 414 g/mol. The molecule has 1 fully saturated rings. The number of fused-ring (bicyclic) bond motifs is 2. The number of aryl methyl sites for hydroxylation is 2. The lowest BCUT2D eigenvalue weighted by molar-refractivity contribution is -0.122. The van der Waals surface area contributed by atoms with Crippen molar-refractivity contribution >= 4 is 33.9 Å². The third kappa shape index (κ3) is 3.39. The van der Waals surface area contributed by atoms with Gasteiger partial charge in [-0.2, -0.15) is 5.10 Å². The number of carbonyl (C=O) groups is 2. The Morgan fingerprint density at radius 1 is 1.19 bits per heavy atom. The van der Waals surface area contributed by atoms with Gasteiger partial charge in [0.25, 0.3) is 5.91 Å². The number of hydrogen-bond acceptors (Lipinski definition) is 5. The molecule has 0 radical (unpaired) electrons. The summed E-state index contributed by atoms with van der Waals surface area (Å²) in [5, 5.41) is 12.1. The summed E-state index contributed by atoms with van der Waals surface area (Å²) in [7, 11) is 0. The van der Waals surface area contributed by atoms with E-state index in [1.165, 1.54) is 0 Å². The van der Waals surface area contributed by atoms with Gasteiger partial charge in [0.15, 0.2) is 5.65 Å². The summed E-state index contributed by atoms with van der Waals surface area (Å²) in [6, 6.07) is 7.51. The average molecular weight is 414 g/mol. The molecule has 156 valence electrons. The zero-order chi connectivity index (χ0) is 21.5. The predicted octanol–water partition coefficient (Wildman–Crippen LogP) is 3.14. The van der Waals surface area contributed by atoms with Crippen molar-refractivity contribution in [3.63, 3.8) is 0 Å². The minimum Gasteiger partial charge on any atom is -0.356 e. The molecule has 0 aliphatic carbocycles. The molecular formula is C23H22N6O2. The van der Waals surface area contributed by atoms with Gasteiger partial charge in [0.2, 0.25) is 5.91 Å². The first-order chi connectivity index (χ1) is 15.0. The van der Waals surface area contributed by atoms with Crippen LogP contribution in [-0.4, -0.2) is 37.9 Å². The van der Waals surface area contributed by atoms with Crippen LogP contribution in [0.25, 0.3) is 16.4 Å². The predicted molar refractivity (Wildman–Crippen MR) is 117 cm³/mol. The largest absolute Gasteiger partial charge is 0.356 e. The summed E-state index contributed by atoms with van der Waals surface area (Å²) in [5.74, 6) is -0.0805. The van der Waals surface area contributed by atoms with Gasteiger partial charge in [0.05, 0.1) is 11.3 Å². The van der Waals surface area contributed by atoms with Crippen molar-refractivity contribution in [2.45, 2.75) is 32.6 Å². The van der Waals surface area contributed by atoms with Crippen LogP contribution in [-0.2, 0) is 4.79 Å². The number of aromatic nitrogens is 4. The molecule has 1 aromatic carbocycles. The Morgan fingerprint density at radius 3 is 2.90 bits per heavy atom. The molecular weight excluding hydrogens is 392 g/mol. The SMILES string of the molecule is Cc1nc(C2CCNC(=O)C2)c2ccc(NC(=O)c3ccnn4ccnc34)cc2c1C. The highest BCUT2D eigenvalue weighted by Gasteiger charge is 2.24. The van der Waals surface area contributed by atoms with Crippen molar-refractivity contribution < 1.29 is 9.59 Å². The normalized spacial score (nSPS) is 16.5. The number of amides is 2. The molecule has 1 aliphatic rings. The van der Waals surface area contributed by atoms with Gasteiger partial charge >= 0.3 is 0 Å². The molecule has 0 spiro atoms. The molecule has 8 nitrogen and oxygen atoms in total. The summed E-state index contributed by atoms with van der Waals surface area (Å²) in [6.45, 7) is 4.69. The Morgan fingerprint density at radius 2 is 2.06 bits per heavy atom. The van der Waals surface area contributed by atoms with E-state index < -0.39 is 0 Å². The highest BCUT2D eigenvalue weighted by molar-refractivity contribution is 6.09. The number of imidazole rings is 1. The lowest BCUT2D eigenvalue weighted by atomic mass is 9.89. The minimum absolute atomic E-state index is 0.0657. The third-order valence-corrected chi connectivity index (χ3v) is 5.96. The van der Waals surface area contributed by atoms with E-state index in [1.807, 2.05) is 32.0 Å². The molecule has 31 heavy (non-hydrogen) atoms. The van der Waals surface area contributed by atoms with E-state index in [0.717, 1.165) is 34.1 Å². The van der Waals surface area contributed by atoms with Crippen molar-refractivity contribution in [1.29, 1.82) is 0 Å². The number of pyridine rings is 1. The molecule has 1 unspecified atom stereocenters. The number of anilines is 1. The second-order valence-corrected chi connectivity index (χ2v) is 7.90. The van der Waals surface area contributed by atoms with Crippen LogP contribution in [0.5, 0.6) is 0 Å². The first kappa shape index (κ1) is 19.2. The fourth-order valence-electron chi connectivity index (χ4n) is 4.22. The summed E-state index contributed by atoms with van der Waals surface area (Å²) >= 11 is 0. The molecule has 1 atom stereocenters. The van der Waals surface area contributed by atoms with E-state index in [4.69, 9.17) is 4.98 Å². The minimum atomic E-state index is -0.245. The van der Waals surface area contributed by atoms with Gasteiger partial charge < -0.3 is 10.6 Å². The van der Waals surface area contributed by atoms with E-state index in [-0.39, 0.29) is 17.7 Å². The van der Waals surface area contributed by atoms with Crippen molar-refractivity contribution in [3.8, 4) is 0 Å². The number of rotatable bonds is 3. The first-order valence-electron chi connectivity index (χ1n) is 10.3. The molecule has 2 amide bonds. The third-order valence-electron chi connectivity index (χ3n) is 5.96. The Bertz CT molecular complexity index is 1340. The number of carbonyl (C=O) groups excluding carboxylic acids is 2. The van der Waals surface area contributed by atoms with Crippen molar-refractivity contribution in [3.05, 3.63) is 65.4 Å². The van der Waals surface area contributed by atoms with Crippen molar-refractivity contribution in [2.75, 3.05) is 11.9 Å². The lowest BCUT2D eigenvalue weighted by Gasteiger charge is -2.24. The standard InChI is InChI=1S/C23H22N6O2/c1-13-14(2)27-21(15-5-7-24-20(30)11-15)17-4-3-16(12-19(13)17)28-23(31)18-6-8-26-29-10-9-25-22(18)29/h3-4,6,8-10,12,15H,5,7,11H2,1-2H3,(H,24,30)(H,28,31). The van der Waals surface area contributed by atoms with Crippen molar-refractivity contribution in [2.24, 2.45) is 0 Å². The molecule has 2 N–H and O–H groups in total. The van der Waals surface area contributed by atoms with E-state index in [2.05, 4.69) is 20.7 Å². The Labute approximate surface area is 178 Å². The van der Waals surface area contributed by atoms with E-state index in [0.29, 0.717) is 29.9 Å². The fourth-order valence-corrected chi connectivity index (χ4v) is 4.22. The quantitative estimate of drug-likeness (QED) is 0.536. The van der Waals surface area contributed by atoms with Crippen LogP contribution in [0.2, 0.25) is 0 Å². The van der Waals surface area contributed by atoms with Gasteiger partial charge in [-0.25, -0.2) is 9.50 Å². The van der Waals surface area contributed by atoms with Gasteiger partial charge in [-0.3, -0.25) is 14.6 Å². The van der Waals surface area contributed by atoms with Crippen LogP contribution in [0.15, 0.2) is 42.9 Å². The van der Waals surface area contributed by atoms with E-state index in [9.17, 15) is 9.59 Å². The van der Waals surface area contributed by atoms with Crippen molar-refractivity contribution in [1.82, 2.24) is 24.9 Å². The number of benzene rings is 1. The average Bonchev–Trinajstić information content (AvgIpc) is 3.25. The number of piperidine rings is 1. The van der Waals surface area contributed by atoms with Gasteiger partial charge in [-0.15, -0.1) is 0 Å². The molecule has 0 saturated carbocycles. The number of nitrogens with zero attached hydrogens (tertiary/aromatic N) is 4. The second-order valence-electron chi connectivity index (χ2n) is 7.90. The summed E-state index contributed by atoms with van der Waals surface area (Å²) in [6.07, 6.45) is 6.22. The summed E-state index contributed by atoms with van der Waals surface area (Å²) in [5.41, 5.74) is 4.62. The maximum atomic E-state index is 12.9. The Kier molecular flexibility index (Phi) is 4.62. The van der Waals surface area contributed by atoms with E-state index in [1.54, 1.807) is 29.2 Å². The zero-order valence-electron chi connectivity index (χ0n) is 17.3. The maximum Gasteiger partial charge on any atom is 0.259 e. The van der Waals surface area contributed by atoms with Crippen LogP contribution < -0.4 is 10.6 Å². The molecule has 8 heteroatoms. The summed E-state index contributed by atoms with van der Waals surface area (Å²) < 4.78 is 1.57. The van der Waals surface area contributed by atoms with Gasteiger partial charge in [-0.1, -0.05) is 6.07 Å². The zero-order valence-corrected chi connectivity index (χ0v) is 17.3. The topological polar surface area (TPSA) is 101 Å². The second kappa shape index (κ2) is 7.46. The highest BCUT2D eigenvalue weighted by Crippen LogP contribution is 2.34. The molecule has 4 aromatic rings. The van der Waals surface area contributed by atoms with Crippen LogP contribution in [0.1, 0.15) is 46.1 Å². The van der Waals surface area contributed by atoms with E-state index >= 15 is 0 Å². The van der Waals surface area contributed by atoms with Gasteiger partial charge in [-0.05, 0) is 49.4 Å². The molecule has 1 aliphatic heterocycles. The summed E-state index contributed by atoms with van der Waals surface area (Å²) in [4.78, 5) is 33.9. The van der Waals surface area contributed by atoms with Crippen LogP contribution in [0, 0.1) is 13.8 Å². The van der Waals surface area contributed by atoms with Gasteiger partial charge in [0, 0.05) is 54.2 Å². The van der Waals surface area contributed by atoms with Crippen LogP contribution in [0.3, 0.4) is 0 Å². The maximum absolute atomic E-state index is 12.9. The smallest absolute Gasteiger partial charge is 0.259 e.